The van der Waals surface area contributed by atoms with E-state index in [0.29, 0.717) is 0 Å². The summed E-state index contributed by atoms with van der Waals surface area (Å²) in [6, 6.07) is 4.54. The number of hydrogen-bond acceptors (Lipinski definition) is 0. The number of nitrogens with one attached hydrogen (secondary N) is 1. The Morgan fingerprint density at radius 1 is 0.955 bits per heavy atom. The molecule has 2 nitrogen and oxygen atoms in total. The Kier molecular flexibility index (Phi) is 7.88. The second-order valence-corrected chi connectivity index (χ2v) is 6.19. The lowest BCUT2D eigenvalue weighted by molar-refractivity contribution is -0.603. The van der Waals surface area contributed by atoms with Crippen molar-refractivity contribution >= 4 is 0 Å². The summed E-state index contributed by atoms with van der Waals surface area (Å²) < 4.78 is 2.34. The van der Waals surface area contributed by atoms with E-state index in [2.05, 4.69) is 61.8 Å². The van der Waals surface area contributed by atoms with Crippen molar-refractivity contribution in [2.24, 2.45) is 0 Å². The minimum absolute atomic E-state index is 0. The minimum Gasteiger partial charge on any atom is -1.00 e. The molecule has 3 heteroatoms. The van der Waals surface area contributed by atoms with E-state index in [4.69, 9.17) is 0 Å². The van der Waals surface area contributed by atoms with Crippen molar-refractivity contribution < 1.29 is 21.5 Å². The quantitative estimate of drug-likeness (QED) is 0.570. The van der Waals surface area contributed by atoms with Crippen LogP contribution in [0.4, 0.5) is 0 Å². The highest BCUT2D eigenvalue weighted by Crippen LogP contribution is 2.17. The predicted molar refractivity (Wildman–Crippen MR) is 89.0 cm³/mol. The molecule has 0 unspecified atom stereocenters. The first-order chi connectivity index (χ1) is 10.1. The number of imidazole rings is 1. The average molecular weight is 365 g/mol. The molecule has 0 radical (unpaired) electrons. The van der Waals surface area contributed by atoms with Crippen molar-refractivity contribution in [3.8, 4) is 5.69 Å². The van der Waals surface area contributed by atoms with Crippen molar-refractivity contribution in [2.45, 2.75) is 66.2 Å². The van der Waals surface area contributed by atoms with Gasteiger partial charge in [0.15, 0.2) is 0 Å². The number of halogens is 1. The highest BCUT2D eigenvalue weighted by molar-refractivity contribution is 5.43. The predicted octanol–water partition coefficient (Wildman–Crippen LogP) is 1.73. The Labute approximate surface area is 145 Å². The number of unbranched alkanes of at least 4 members (excludes halogenated alkanes) is 4. The number of benzene rings is 1. The SMILES string of the molecule is CCCCCCCc1[nH]cc[n+]1-c1c(C)cc(C)cc1C.[Br-]. The summed E-state index contributed by atoms with van der Waals surface area (Å²) in [4.78, 5) is 3.43. The Morgan fingerprint density at radius 3 is 2.23 bits per heavy atom. The van der Waals surface area contributed by atoms with Gasteiger partial charge >= 0.3 is 0 Å². The van der Waals surface area contributed by atoms with Crippen LogP contribution in [-0.4, -0.2) is 4.98 Å². The van der Waals surface area contributed by atoms with Gasteiger partial charge in [-0.3, -0.25) is 0 Å². The maximum atomic E-state index is 3.43. The molecule has 0 aliphatic carbocycles. The summed E-state index contributed by atoms with van der Waals surface area (Å²) in [6.07, 6.45) is 12.0. The zero-order valence-corrected chi connectivity index (χ0v) is 16.0. The van der Waals surface area contributed by atoms with Crippen molar-refractivity contribution in [2.75, 3.05) is 0 Å². The van der Waals surface area contributed by atoms with Gasteiger partial charge in [0.2, 0.25) is 0 Å². The van der Waals surface area contributed by atoms with Gasteiger partial charge in [0.05, 0.1) is 0 Å². The van der Waals surface area contributed by atoms with Crippen LogP contribution >= 0.6 is 0 Å². The van der Waals surface area contributed by atoms with E-state index in [9.17, 15) is 0 Å². The molecule has 1 N–H and O–H groups in total. The zero-order valence-electron chi connectivity index (χ0n) is 14.4. The fraction of sp³-hybridized carbons (Fsp3) is 0.526. The largest absolute Gasteiger partial charge is 1.00 e. The number of aryl methyl sites for hydroxylation is 4. The minimum atomic E-state index is 0. The normalized spacial score (nSPS) is 10.5. The van der Waals surface area contributed by atoms with Crippen molar-refractivity contribution in [3.05, 3.63) is 47.0 Å². The number of hydrogen-bond donors (Lipinski definition) is 1. The van der Waals surface area contributed by atoms with E-state index in [1.54, 1.807) is 0 Å². The first-order valence-electron chi connectivity index (χ1n) is 8.29. The molecule has 0 aliphatic heterocycles. The summed E-state index contributed by atoms with van der Waals surface area (Å²) >= 11 is 0. The van der Waals surface area contributed by atoms with Gasteiger partial charge in [-0.25, -0.2) is 4.98 Å². The maximum absolute atomic E-state index is 3.43. The van der Waals surface area contributed by atoms with Gasteiger partial charge in [-0.05, 0) is 38.3 Å². The van der Waals surface area contributed by atoms with Gasteiger partial charge in [0.25, 0.3) is 5.82 Å². The first-order valence-corrected chi connectivity index (χ1v) is 8.29. The van der Waals surface area contributed by atoms with Gasteiger partial charge < -0.3 is 17.0 Å². The van der Waals surface area contributed by atoms with E-state index in [1.165, 1.54) is 60.3 Å². The molecule has 22 heavy (non-hydrogen) atoms. The highest BCUT2D eigenvalue weighted by atomic mass is 79.9. The molecule has 2 aromatic rings. The van der Waals surface area contributed by atoms with Crippen LogP contribution in [0.5, 0.6) is 0 Å². The molecular formula is C19H29BrN2. The molecule has 0 atom stereocenters. The van der Waals surface area contributed by atoms with Crippen molar-refractivity contribution in [1.82, 2.24) is 4.98 Å². The Bertz CT molecular complexity index is 564. The summed E-state index contributed by atoms with van der Waals surface area (Å²) in [5.74, 6) is 1.32. The Balaban J connectivity index is 0.00000242. The number of rotatable bonds is 7. The molecule has 0 fully saturated rings. The Hall–Kier alpha value is -1.09. The molecule has 2 rings (SSSR count). The van der Waals surface area contributed by atoms with E-state index in [-0.39, 0.29) is 17.0 Å². The van der Waals surface area contributed by atoms with Crippen LogP contribution in [0.3, 0.4) is 0 Å². The second-order valence-electron chi connectivity index (χ2n) is 6.19. The highest BCUT2D eigenvalue weighted by Gasteiger charge is 2.17. The monoisotopic (exact) mass is 364 g/mol. The van der Waals surface area contributed by atoms with Crippen molar-refractivity contribution in [3.63, 3.8) is 0 Å². The third-order valence-electron chi connectivity index (χ3n) is 4.16. The van der Waals surface area contributed by atoms with Gasteiger partial charge in [0, 0.05) is 6.42 Å². The number of H-pyrrole nitrogens is 1. The van der Waals surface area contributed by atoms with Gasteiger partial charge in [-0.2, -0.15) is 4.57 Å². The van der Waals surface area contributed by atoms with Crippen LogP contribution in [0.2, 0.25) is 0 Å². The van der Waals surface area contributed by atoms with Crippen LogP contribution in [0.15, 0.2) is 24.5 Å². The summed E-state index contributed by atoms with van der Waals surface area (Å²) in [5.41, 5.74) is 5.38. The van der Waals surface area contributed by atoms with E-state index in [0.717, 1.165) is 6.42 Å². The maximum Gasteiger partial charge on any atom is 0.259 e. The lowest BCUT2D eigenvalue weighted by Crippen LogP contribution is -3.00. The van der Waals surface area contributed by atoms with Crippen molar-refractivity contribution in [1.29, 1.82) is 0 Å². The fourth-order valence-electron chi connectivity index (χ4n) is 3.22. The molecule has 1 aromatic carbocycles. The molecule has 0 amide bonds. The fourth-order valence-corrected chi connectivity index (χ4v) is 3.22. The van der Waals surface area contributed by atoms with E-state index < -0.39 is 0 Å². The molecule has 0 saturated carbocycles. The molecule has 1 heterocycles. The summed E-state index contributed by atoms with van der Waals surface area (Å²) in [6.45, 7) is 8.85. The van der Waals surface area contributed by atoms with Crippen LogP contribution in [0, 0.1) is 20.8 Å². The topological polar surface area (TPSA) is 19.7 Å². The number of aromatic nitrogens is 2. The van der Waals surface area contributed by atoms with E-state index >= 15 is 0 Å². The Morgan fingerprint density at radius 2 is 1.59 bits per heavy atom. The van der Waals surface area contributed by atoms with Crippen LogP contribution in [0.25, 0.3) is 5.69 Å². The molecule has 0 aliphatic rings. The van der Waals surface area contributed by atoms with Gasteiger partial charge in [0.1, 0.15) is 18.1 Å². The standard InChI is InChI=1S/C19H28N2.BrH/c1-5-6-7-8-9-10-18-20-11-12-21(18)19-16(3)13-15(2)14-17(19)4;/h11-14H,5-10H2,1-4H3;1H. The molecule has 0 saturated heterocycles. The molecule has 122 valence electrons. The van der Waals surface area contributed by atoms with E-state index in [1.807, 2.05) is 0 Å². The average Bonchev–Trinajstić information content (AvgIpc) is 2.86. The smallest absolute Gasteiger partial charge is 0.259 e. The molecule has 1 aromatic heterocycles. The first kappa shape index (κ1) is 19.0. The van der Waals surface area contributed by atoms with Gasteiger partial charge in [-0.1, -0.05) is 50.3 Å². The van der Waals surface area contributed by atoms with Crippen LogP contribution in [0.1, 0.15) is 61.5 Å². The second kappa shape index (κ2) is 9.14. The van der Waals surface area contributed by atoms with Crippen LogP contribution in [-0.2, 0) is 6.42 Å². The zero-order chi connectivity index (χ0) is 15.2. The lowest BCUT2D eigenvalue weighted by Gasteiger charge is -2.09. The molecule has 0 spiro atoms. The molecular weight excluding hydrogens is 336 g/mol. The lowest BCUT2D eigenvalue weighted by atomic mass is 10.0. The third kappa shape index (κ3) is 4.70. The third-order valence-corrected chi connectivity index (χ3v) is 4.16. The summed E-state index contributed by atoms with van der Waals surface area (Å²) in [7, 11) is 0. The molecule has 0 bridgehead atoms. The number of aromatic amines is 1. The van der Waals surface area contributed by atoms with Gasteiger partial charge in [-0.15, -0.1) is 0 Å². The summed E-state index contributed by atoms with van der Waals surface area (Å²) in [5, 5.41) is 0. The number of nitrogens with zero attached hydrogens (tertiary/aromatic N) is 1. The van der Waals surface area contributed by atoms with Crippen LogP contribution < -0.4 is 21.5 Å².